The van der Waals surface area contributed by atoms with Crippen molar-refractivity contribution < 1.29 is 81.7 Å². The first-order chi connectivity index (χ1) is 4.56. The monoisotopic (exact) mass is 234 g/mol. The largest absolute Gasteiger partial charge is 1.00 e. The standard InChI is InChI=1S/C3H8O.2Na.H2O4S2/c1-2-3-4;;;1-5(2)6(3)4/h4H,2-3H2,1H3;;;(H,1,2)(H,3,4)/q;2*+1;/p-2. The van der Waals surface area contributed by atoms with E-state index in [0.717, 1.165) is 6.42 Å². The fraction of sp³-hybridized carbons (Fsp3) is 1.00. The van der Waals surface area contributed by atoms with Crippen LogP contribution in [0.15, 0.2) is 0 Å². The van der Waals surface area contributed by atoms with Crippen LogP contribution >= 0.6 is 0 Å². The topological polar surface area (TPSA) is 100 Å². The van der Waals surface area contributed by atoms with Crippen molar-refractivity contribution in [1.82, 2.24) is 0 Å². The Bertz CT molecular complexity index is 107. The maximum absolute atomic E-state index is 9.09. The minimum Gasteiger partial charge on any atom is -0.763 e. The van der Waals surface area contributed by atoms with E-state index >= 15 is 0 Å². The van der Waals surface area contributed by atoms with Crippen molar-refractivity contribution in [2.45, 2.75) is 13.3 Å². The Morgan fingerprint density at radius 3 is 1.33 bits per heavy atom. The average Bonchev–Trinajstić information content (AvgIpc) is 1.89. The number of rotatable bonds is 2. The third kappa shape index (κ3) is 29.5. The average molecular weight is 234 g/mol. The molecular formula is C3H8Na2O5S2. The summed E-state index contributed by atoms with van der Waals surface area (Å²) in [6.45, 7) is 2.25. The van der Waals surface area contributed by atoms with Gasteiger partial charge in [0.1, 0.15) is 0 Å². The second-order valence-corrected chi connectivity index (χ2v) is 3.58. The minimum atomic E-state index is -2.95. The summed E-state index contributed by atoms with van der Waals surface area (Å²) < 4.78 is 36.3. The predicted molar refractivity (Wildman–Crippen MR) is 35.2 cm³/mol. The van der Waals surface area contributed by atoms with Crippen LogP contribution in [0.5, 0.6) is 0 Å². The zero-order valence-corrected chi connectivity index (χ0v) is 12.9. The summed E-state index contributed by atoms with van der Waals surface area (Å²) in [6.07, 6.45) is 0.875. The van der Waals surface area contributed by atoms with Gasteiger partial charge in [-0.15, -0.1) is 0 Å². The van der Waals surface area contributed by atoms with Crippen LogP contribution in [-0.2, 0) is 20.2 Å². The fourth-order valence-corrected chi connectivity index (χ4v) is 0. The molecule has 0 rings (SSSR count). The van der Waals surface area contributed by atoms with Gasteiger partial charge in [-0.2, -0.15) is 0 Å². The fourth-order valence-electron chi connectivity index (χ4n) is 0. The maximum atomic E-state index is 9.09. The van der Waals surface area contributed by atoms with Crippen molar-refractivity contribution >= 4 is 20.2 Å². The summed E-state index contributed by atoms with van der Waals surface area (Å²) in [6, 6.07) is 0. The molecule has 0 radical (unpaired) electrons. The molecule has 12 heavy (non-hydrogen) atoms. The molecule has 0 spiro atoms. The summed E-state index contributed by atoms with van der Waals surface area (Å²) in [5, 5.41) is 7.88. The molecule has 64 valence electrons. The Hall–Kier alpha value is 2.18. The van der Waals surface area contributed by atoms with Crippen molar-refractivity contribution in [3.8, 4) is 0 Å². The summed E-state index contributed by atoms with van der Waals surface area (Å²) in [4.78, 5) is 0. The van der Waals surface area contributed by atoms with Crippen molar-refractivity contribution in [2.24, 2.45) is 0 Å². The first-order valence-electron chi connectivity index (χ1n) is 2.36. The van der Waals surface area contributed by atoms with Gasteiger partial charge in [-0.3, -0.25) is 8.42 Å². The molecule has 0 saturated carbocycles. The van der Waals surface area contributed by atoms with Gasteiger partial charge in [0.15, 0.2) is 0 Å². The zero-order chi connectivity index (χ0) is 8.57. The van der Waals surface area contributed by atoms with E-state index in [-0.39, 0.29) is 59.1 Å². The molecule has 0 bridgehead atoms. The van der Waals surface area contributed by atoms with Crippen molar-refractivity contribution in [1.29, 1.82) is 0 Å². The van der Waals surface area contributed by atoms with Crippen molar-refractivity contribution in [3.63, 3.8) is 0 Å². The molecule has 0 aromatic heterocycles. The van der Waals surface area contributed by atoms with Gasteiger partial charge in [0.25, 0.3) is 0 Å². The Balaban J connectivity index is -0.0000000483. The van der Waals surface area contributed by atoms with Crippen LogP contribution in [0.1, 0.15) is 13.3 Å². The van der Waals surface area contributed by atoms with Gasteiger partial charge < -0.3 is 14.2 Å². The van der Waals surface area contributed by atoms with E-state index in [4.69, 9.17) is 22.6 Å². The molecule has 0 aliphatic heterocycles. The number of aliphatic hydroxyl groups excluding tert-OH is 1. The van der Waals surface area contributed by atoms with Gasteiger partial charge in [0.05, 0.1) is 0 Å². The zero-order valence-electron chi connectivity index (χ0n) is 7.31. The molecule has 0 fully saturated rings. The van der Waals surface area contributed by atoms with Crippen LogP contribution in [0, 0.1) is 0 Å². The molecule has 0 aliphatic carbocycles. The molecule has 2 atom stereocenters. The third-order valence-electron chi connectivity index (χ3n) is 0.335. The molecule has 0 aliphatic rings. The van der Waals surface area contributed by atoms with Crippen LogP contribution < -0.4 is 59.1 Å². The normalized spacial score (nSPS) is 12.3. The van der Waals surface area contributed by atoms with Gasteiger partial charge in [-0.05, 0) is 6.42 Å². The van der Waals surface area contributed by atoms with Gasteiger partial charge in [0.2, 0.25) is 0 Å². The van der Waals surface area contributed by atoms with Crippen LogP contribution in [0.3, 0.4) is 0 Å². The molecule has 1 N–H and O–H groups in total. The summed E-state index contributed by atoms with van der Waals surface area (Å²) in [7, 11) is -5.90. The second kappa shape index (κ2) is 18.9. The molecule has 0 heterocycles. The van der Waals surface area contributed by atoms with Crippen LogP contribution in [0.4, 0.5) is 0 Å². The SMILES string of the molecule is CCCO.O=S([O-])S(=O)[O-].[Na+].[Na+]. The number of hydrogen-bond acceptors (Lipinski definition) is 5. The Kier molecular flexibility index (Phi) is 37.4. The second-order valence-electron chi connectivity index (χ2n) is 1.13. The van der Waals surface area contributed by atoms with E-state index in [0.29, 0.717) is 6.61 Å². The summed E-state index contributed by atoms with van der Waals surface area (Å²) in [5.74, 6) is 0. The molecule has 0 amide bonds. The molecule has 5 nitrogen and oxygen atoms in total. The van der Waals surface area contributed by atoms with E-state index in [1.165, 1.54) is 0 Å². The van der Waals surface area contributed by atoms with E-state index in [1.54, 1.807) is 0 Å². The first-order valence-corrected chi connectivity index (χ1v) is 5.02. The Labute approximate surface area is 120 Å². The molecule has 2 unspecified atom stereocenters. The molecule has 9 heteroatoms. The molecule has 0 saturated heterocycles. The molecule has 0 aromatic rings. The van der Waals surface area contributed by atoms with E-state index in [1.807, 2.05) is 6.92 Å². The predicted octanol–water partition coefficient (Wildman–Crippen LogP) is -6.94. The van der Waals surface area contributed by atoms with Crippen LogP contribution in [0.2, 0.25) is 0 Å². The van der Waals surface area contributed by atoms with E-state index < -0.39 is 20.2 Å². The maximum Gasteiger partial charge on any atom is 1.00 e. The summed E-state index contributed by atoms with van der Waals surface area (Å²) in [5.41, 5.74) is 0. The van der Waals surface area contributed by atoms with Crippen LogP contribution in [-0.4, -0.2) is 29.2 Å². The molecule has 0 aromatic carbocycles. The van der Waals surface area contributed by atoms with E-state index in [2.05, 4.69) is 0 Å². The third-order valence-corrected chi connectivity index (χ3v) is 1.22. The van der Waals surface area contributed by atoms with Gasteiger partial charge in [0, 0.05) is 26.8 Å². The quantitative estimate of drug-likeness (QED) is 0.291. The number of aliphatic hydroxyl groups is 1. The van der Waals surface area contributed by atoms with E-state index in [9.17, 15) is 0 Å². The minimum absolute atomic E-state index is 0. The van der Waals surface area contributed by atoms with Crippen molar-refractivity contribution in [2.75, 3.05) is 6.61 Å². The van der Waals surface area contributed by atoms with Gasteiger partial charge in [-0.1, -0.05) is 6.92 Å². The summed E-state index contributed by atoms with van der Waals surface area (Å²) >= 11 is 0. The smallest absolute Gasteiger partial charge is 0.763 e. The molecular weight excluding hydrogens is 226 g/mol. The van der Waals surface area contributed by atoms with Crippen LogP contribution in [0.25, 0.3) is 0 Å². The number of hydrogen-bond donors (Lipinski definition) is 1. The van der Waals surface area contributed by atoms with Gasteiger partial charge in [-0.25, -0.2) is 0 Å². The van der Waals surface area contributed by atoms with Gasteiger partial charge >= 0.3 is 59.1 Å². The first kappa shape index (κ1) is 23.8. The Morgan fingerprint density at radius 1 is 1.17 bits per heavy atom. The van der Waals surface area contributed by atoms with Crippen molar-refractivity contribution in [3.05, 3.63) is 0 Å². The Morgan fingerprint density at radius 2 is 1.33 bits per heavy atom.